The largest absolute Gasteiger partial charge is 0.310 e. The van der Waals surface area contributed by atoms with Crippen LogP contribution >= 0.6 is 11.6 Å². The molecule has 0 aliphatic rings. The van der Waals surface area contributed by atoms with E-state index in [9.17, 15) is 4.39 Å². The summed E-state index contributed by atoms with van der Waals surface area (Å²) in [5, 5.41) is 3.90. The van der Waals surface area contributed by atoms with Gasteiger partial charge in [-0.1, -0.05) is 30.7 Å². The highest BCUT2D eigenvalue weighted by atomic mass is 35.5. The molecule has 0 spiro atoms. The number of hydrogen-bond acceptors (Lipinski definition) is 2. The van der Waals surface area contributed by atoms with Crippen LogP contribution in [0.5, 0.6) is 0 Å². The number of rotatable bonds is 6. The monoisotopic (exact) mass is 306 g/mol. The molecule has 0 radical (unpaired) electrons. The molecule has 1 aromatic carbocycles. The van der Waals surface area contributed by atoms with Crippen molar-refractivity contribution < 1.29 is 4.39 Å². The summed E-state index contributed by atoms with van der Waals surface area (Å²) >= 11 is 5.81. The van der Waals surface area contributed by atoms with Crippen LogP contribution in [0, 0.1) is 12.7 Å². The smallest absolute Gasteiger partial charge is 0.127 e. The van der Waals surface area contributed by atoms with Crippen LogP contribution in [0.25, 0.3) is 0 Å². The molecule has 0 aliphatic heterocycles. The molecule has 112 valence electrons. The van der Waals surface area contributed by atoms with Gasteiger partial charge in [0.1, 0.15) is 5.82 Å². The Morgan fingerprint density at radius 2 is 2.14 bits per heavy atom. The SMILES string of the molecule is CCCNC(Cc1ccc(Cl)cc1F)c1cccnc1C. The van der Waals surface area contributed by atoms with Gasteiger partial charge in [0.05, 0.1) is 0 Å². The summed E-state index contributed by atoms with van der Waals surface area (Å²) in [5.41, 5.74) is 2.75. The first-order chi connectivity index (χ1) is 10.1. The molecule has 1 N–H and O–H groups in total. The van der Waals surface area contributed by atoms with Crippen LogP contribution in [0.3, 0.4) is 0 Å². The van der Waals surface area contributed by atoms with Crippen LogP contribution in [-0.2, 0) is 6.42 Å². The van der Waals surface area contributed by atoms with E-state index in [0.29, 0.717) is 17.0 Å². The van der Waals surface area contributed by atoms with E-state index in [1.807, 2.05) is 19.1 Å². The minimum absolute atomic E-state index is 0.0503. The van der Waals surface area contributed by atoms with E-state index < -0.39 is 0 Å². The number of halogens is 2. The molecule has 0 fully saturated rings. The summed E-state index contributed by atoms with van der Waals surface area (Å²) < 4.78 is 14.0. The molecule has 1 atom stereocenters. The topological polar surface area (TPSA) is 24.9 Å². The number of pyridine rings is 1. The minimum atomic E-state index is -0.257. The zero-order valence-electron chi connectivity index (χ0n) is 12.4. The number of aryl methyl sites for hydroxylation is 1. The number of benzene rings is 1. The van der Waals surface area contributed by atoms with Gasteiger partial charge < -0.3 is 5.32 Å². The van der Waals surface area contributed by atoms with Gasteiger partial charge in [-0.3, -0.25) is 4.98 Å². The molecule has 0 amide bonds. The minimum Gasteiger partial charge on any atom is -0.310 e. The molecule has 0 saturated heterocycles. The fourth-order valence-corrected chi connectivity index (χ4v) is 2.54. The van der Waals surface area contributed by atoms with Crippen LogP contribution in [-0.4, -0.2) is 11.5 Å². The van der Waals surface area contributed by atoms with Gasteiger partial charge in [0.2, 0.25) is 0 Å². The van der Waals surface area contributed by atoms with Crippen molar-refractivity contribution in [2.75, 3.05) is 6.54 Å². The number of aromatic nitrogens is 1. The van der Waals surface area contributed by atoms with E-state index >= 15 is 0 Å². The lowest BCUT2D eigenvalue weighted by molar-refractivity contribution is 0.509. The molecule has 0 saturated carbocycles. The van der Waals surface area contributed by atoms with E-state index in [1.54, 1.807) is 18.3 Å². The molecule has 0 bridgehead atoms. The van der Waals surface area contributed by atoms with Gasteiger partial charge in [0, 0.05) is 23.0 Å². The molecule has 1 unspecified atom stereocenters. The molecule has 2 aromatic rings. The molecule has 2 nitrogen and oxygen atoms in total. The van der Waals surface area contributed by atoms with Gasteiger partial charge in [0.25, 0.3) is 0 Å². The van der Waals surface area contributed by atoms with Gasteiger partial charge in [-0.05, 0) is 55.6 Å². The lowest BCUT2D eigenvalue weighted by atomic mass is 9.97. The third-order valence-corrected chi connectivity index (χ3v) is 3.74. The Hall–Kier alpha value is -1.45. The van der Waals surface area contributed by atoms with Gasteiger partial charge in [-0.25, -0.2) is 4.39 Å². The normalized spacial score (nSPS) is 12.4. The highest BCUT2D eigenvalue weighted by Crippen LogP contribution is 2.23. The number of nitrogens with zero attached hydrogens (tertiary/aromatic N) is 1. The third-order valence-electron chi connectivity index (χ3n) is 3.50. The molecule has 2 rings (SSSR count). The standard InChI is InChI=1S/C17H20ClFN2/c1-3-8-21-17(15-5-4-9-20-12(15)2)10-13-6-7-14(18)11-16(13)19/h4-7,9,11,17,21H,3,8,10H2,1-2H3. The highest BCUT2D eigenvalue weighted by Gasteiger charge is 2.16. The summed E-state index contributed by atoms with van der Waals surface area (Å²) in [5.74, 6) is -0.257. The Morgan fingerprint density at radius 1 is 1.33 bits per heavy atom. The Morgan fingerprint density at radius 3 is 2.81 bits per heavy atom. The molecular formula is C17H20ClFN2. The van der Waals surface area contributed by atoms with Crippen molar-refractivity contribution in [3.05, 3.63) is 64.2 Å². The van der Waals surface area contributed by atoms with E-state index in [4.69, 9.17) is 11.6 Å². The second kappa shape index (κ2) is 7.53. The second-order valence-corrected chi connectivity index (χ2v) is 5.56. The summed E-state index contributed by atoms with van der Waals surface area (Å²) in [6, 6.07) is 8.86. The maximum atomic E-state index is 14.0. The van der Waals surface area contributed by atoms with E-state index in [2.05, 4.69) is 17.2 Å². The average molecular weight is 307 g/mol. The average Bonchev–Trinajstić information content (AvgIpc) is 2.46. The Labute approximate surface area is 130 Å². The predicted octanol–water partition coefficient (Wildman–Crippen LogP) is 4.47. The molecule has 0 aliphatic carbocycles. The molecule has 4 heteroatoms. The third kappa shape index (κ3) is 4.26. The summed E-state index contributed by atoms with van der Waals surface area (Å²) in [7, 11) is 0. The predicted molar refractivity (Wildman–Crippen MR) is 85.1 cm³/mol. The lowest BCUT2D eigenvalue weighted by Gasteiger charge is -2.21. The highest BCUT2D eigenvalue weighted by molar-refractivity contribution is 6.30. The quantitative estimate of drug-likeness (QED) is 0.852. The van der Waals surface area contributed by atoms with Gasteiger partial charge in [-0.15, -0.1) is 0 Å². The number of nitrogens with one attached hydrogen (secondary N) is 1. The fraction of sp³-hybridized carbons (Fsp3) is 0.353. The van der Waals surface area contributed by atoms with Gasteiger partial charge >= 0.3 is 0 Å². The van der Waals surface area contributed by atoms with Gasteiger partial charge in [-0.2, -0.15) is 0 Å². The lowest BCUT2D eigenvalue weighted by Crippen LogP contribution is -2.25. The number of hydrogen-bond donors (Lipinski definition) is 1. The van der Waals surface area contributed by atoms with Crippen LogP contribution in [0.1, 0.15) is 36.2 Å². The maximum Gasteiger partial charge on any atom is 0.127 e. The van der Waals surface area contributed by atoms with Crippen molar-refractivity contribution in [3.8, 4) is 0 Å². The van der Waals surface area contributed by atoms with E-state index in [-0.39, 0.29) is 11.9 Å². The molecular weight excluding hydrogens is 287 g/mol. The maximum absolute atomic E-state index is 14.0. The summed E-state index contributed by atoms with van der Waals surface area (Å²) in [6.07, 6.45) is 3.38. The molecule has 1 aromatic heterocycles. The van der Waals surface area contributed by atoms with Gasteiger partial charge in [0.15, 0.2) is 0 Å². The zero-order chi connectivity index (χ0) is 15.2. The zero-order valence-corrected chi connectivity index (χ0v) is 13.1. The van der Waals surface area contributed by atoms with E-state index in [1.165, 1.54) is 6.07 Å². The summed E-state index contributed by atoms with van der Waals surface area (Å²) in [6.45, 7) is 4.98. The Bertz CT molecular complexity index is 601. The molecule has 1 heterocycles. The van der Waals surface area contributed by atoms with Crippen molar-refractivity contribution in [2.24, 2.45) is 0 Å². The fourth-order valence-electron chi connectivity index (χ4n) is 2.38. The second-order valence-electron chi connectivity index (χ2n) is 5.12. The van der Waals surface area contributed by atoms with Crippen molar-refractivity contribution in [2.45, 2.75) is 32.7 Å². The first-order valence-electron chi connectivity index (χ1n) is 7.20. The summed E-state index contributed by atoms with van der Waals surface area (Å²) in [4.78, 5) is 4.33. The first-order valence-corrected chi connectivity index (χ1v) is 7.58. The van der Waals surface area contributed by atoms with Crippen LogP contribution in [0.2, 0.25) is 5.02 Å². The van der Waals surface area contributed by atoms with Crippen molar-refractivity contribution in [1.29, 1.82) is 0 Å². The van der Waals surface area contributed by atoms with E-state index in [0.717, 1.165) is 24.2 Å². The van der Waals surface area contributed by atoms with Crippen LogP contribution < -0.4 is 5.32 Å². The first kappa shape index (κ1) is 15.9. The van der Waals surface area contributed by atoms with Crippen LogP contribution in [0.4, 0.5) is 4.39 Å². The Balaban J connectivity index is 2.26. The Kier molecular flexibility index (Phi) is 5.71. The van der Waals surface area contributed by atoms with Crippen molar-refractivity contribution in [1.82, 2.24) is 10.3 Å². The van der Waals surface area contributed by atoms with Crippen molar-refractivity contribution in [3.63, 3.8) is 0 Å². The molecule has 21 heavy (non-hydrogen) atoms. The van der Waals surface area contributed by atoms with Crippen molar-refractivity contribution >= 4 is 11.6 Å². The van der Waals surface area contributed by atoms with Crippen LogP contribution in [0.15, 0.2) is 36.5 Å².